The lowest BCUT2D eigenvalue weighted by Crippen LogP contribution is -2.38. The topological polar surface area (TPSA) is 71.1 Å². The van der Waals surface area contributed by atoms with Crippen molar-refractivity contribution in [2.75, 3.05) is 6.54 Å². The molecule has 5 nitrogen and oxygen atoms in total. The van der Waals surface area contributed by atoms with E-state index in [9.17, 15) is 14.0 Å². The zero-order valence-electron chi connectivity index (χ0n) is 12.3. The first-order valence-electron chi connectivity index (χ1n) is 6.90. The first-order chi connectivity index (χ1) is 11.0. The Labute approximate surface area is 137 Å². The molecule has 1 aromatic heterocycles. The number of carbonyl (C=O) groups is 2. The molecular weight excluding hydrogens is 321 g/mol. The van der Waals surface area contributed by atoms with Gasteiger partial charge in [-0.25, -0.2) is 4.39 Å². The maximum Gasteiger partial charge on any atom is 0.251 e. The summed E-state index contributed by atoms with van der Waals surface area (Å²) in [4.78, 5) is 27.8. The summed E-state index contributed by atoms with van der Waals surface area (Å²) >= 11 is 5.75. The van der Waals surface area contributed by atoms with Gasteiger partial charge in [0.1, 0.15) is 5.82 Å². The Kier molecular flexibility index (Phi) is 5.65. The van der Waals surface area contributed by atoms with Gasteiger partial charge >= 0.3 is 0 Å². The molecule has 1 heterocycles. The van der Waals surface area contributed by atoms with Gasteiger partial charge in [-0.2, -0.15) is 0 Å². The average molecular weight is 336 g/mol. The Morgan fingerprint density at radius 1 is 1.30 bits per heavy atom. The first-order valence-corrected chi connectivity index (χ1v) is 7.28. The highest BCUT2D eigenvalue weighted by molar-refractivity contribution is 6.30. The Morgan fingerprint density at radius 3 is 2.74 bits per heavy atom. The van der Waals surface area contributed by atoms with Crippen molar-refractivity contribution in [1.82, 2.24) is 15.6 Å². The van der Waals surface area contributed by atoms with Gasteiger partial charge in [0.05, 0.1) is 23.3 Å². The fraction of sp³-hybridized carbons (Fsp3) is 0.188. The molecule has 0 saturated heterocycles. The number of amides is 2. The number of nitrogens with zero attached hydrogens (tertiary/aromatic N) is 1. The standard InChI is InChI=1S/C16H15ClFN3O2/c1-10(14-6-5-12(17)8-19-14)21-15(22)9-20-16(23)11-3-2-4-13(18)7-11/h2-8,10H,9H2,1H3,(H,20,23)(H,21,22)/t10-/m0/s1. The van der Waals surface area contributed by atoms with Crippen molar-refractivity contribution in [3.8, 4) is 0 Å². The summed E-state index contributed by atoms with van der Waals surface area (Å²) in [5.41, 5.74) is 0.810. The molecule has 2 N–H and O–H groups in total. The van der Waals surface area contributed by atoms with Crippen LogP contribution in [0.3, 0.4) is 0 Å². The molecule has 0 bridgehead atoms. The molecule has 1 atom stereocenters. The van der Waals surface area contributed by atoms with Crippen LogP contribution in [0.1, 0.15) is 29.0 Å². The second kappa shape index (κ2) is 7.69. The van der Waals surface area contributed by atoms with Gasteiger partial charge in [-0.05, 0) is 37.3 Å². The molecule has 0 aliphatic heterocycles. The van der Waals surface area contributed by atoms with E-state index >= 15 is 0 Å². The number of hydrogen-bond acceptors (Lipinski definition) is 3. The smallest absolute Gasteiger partial charge is 0.251 e. The summed E-state index contributed by atoms with van der Waals surface area (Å²) in [6.07, 6.45) is 1.49. The number of hydrogen-bond donors (Lipinski definition) is 2. The minimum Gasteiger partial charge on any atom is -0.346 e. The number of pyridine rings is 1. The zero-order valence-corrected chi connectivity index (χ0v) is 13.1. The predicted octanol–water partition coefficient (Wildman–Crippen LogP) is 2.48. The maximum atomic E-state index is 13.0. The van der Waals surface area contributed by atoms with Crippen LogP contribution in [0, 0.1) is 5.82 Å². The van der Waals surface area contributed by atoms with Gasteiger partial charge in [0.15, 0.2) is 0 Å². The summed E-state index contributed by atoms with van der Waals surface area (Å²) in [5.74, 6) is -1.40. The molecular formula is C16H15ClFN3O2. The Morgan fingerprint density at radius 2 is 2.09 bits per heavy atom. The van der Waals surface area contributed by atoms with Crippen LogP contribution in [-0.4, -0.2) is 23.3 Å². The van der Waals surface area contributed by atoms with Crippen LogP contribution >= 0.6 is 11.6 Å². The van der Waals surface area contributed by atoms with E-state index in [2.05, 4.69) is 15.6 Å². The largest absolute Gasteiger partial charge is 0.346 e. The zero-order chi connectivity index (χ0) is 16.8. The van der Waals surface area contributed by atoms with E-state index in [1.807, 2.05) is 0 Å². The van der Waals surface area contributed by atoms with Crippen molar-refractivity contribution in [3.63, 3.8) is 0 Å². The monoisotopic (exact) mass is 335 g/mol. The molecule has 0 saturated carbocycles. The van der Waals surface area contributed by atoms with Gasteiger partial charge in [-0.1, -0.05) is 17.7 Å². The molecule has 2 rings (SSSR count). The van der Waals surface area contributed by atoms with Crippen molar-refractivity contribution < 1.29 is 14.0 Å². The summed E-state index contributed by atoms with van der Waals surface area (Å²) in [5, 5.41) is 5.64. The molecule has 0 unspecified atom stereocenters. The van der Waals surface area contributed by atoms with E-state index in [4.69, 9.17) is 11.6 Å². The molecule has 0 spiro atoms. The molecule has 0 fully saturated rings. The molecule has 0 radical (unpaired) electrons. The highest BCUT2D eigenvalue weighted by Crippen LogP contribution is 2.12. The van der Waals surface area contributed by atoms with Gasteiger partial charge in [-0.3, -0.25) is 14.6 Å². The Bertz CT molecular complexity index is 707. The fourth-order valence-electron chi connectivity index (χ4n) is 1.90. The quantitative estimate of drug-likeness (QED) is 0.881. The summed E-state index contributed by atoms with van der Waals surface area (Å²) < 4.78 is 13.0. The van der Waals surface area contributed by atoms with Crippen LogP contribution < -0.4 is 10.6 Å². The van der Waals surface area contributed by atoms with E-state index in [1.54, 1.807) is 19.1 Å². The summed E-state index contributed by atoms with van der Waals surface area (Å²) in [6, 6.07) is 8.30. The number of rotatable bonds is 5. The van der Waals surface area contributed by atoms with Gasteiger partial charge in [0, 0.05) is 11.8 Å². The molecule has 2 amide bonds. The van der Waals surface area contributed by atoms with Crippen LogP contribution in [0.15, 0.2) is 42.6 Å². The van der Waals surface area contributed by atoms with Crippen molar-refractivity contribution in [3.05, 3.63) is 64.7 Å². The van der Waals surface area contributed by atoms with Crippen LogP contribution in [0.5, 0.6) is 0 Å². The van der Waals surface area contributed by atoms with Crippen LogP contribution in [0.25, 0.3) is 0 Å². The van der Waals surface area contributed by atoms with E-state index < -0.39 is 11.7 Å². The summed E-state index contributed by atoms with van der Waals surface area (Å²) in [6.45, 7) is 1.55. The van der Waals surface area contributed by atoms with Crippen molar-refractivity contribution >= 4 is 23.4 Å². The minimum absolute atomic E-state index is 0.158. The third kappa shape index (κ3) is 5.03. The van der Waals surface area contributed by atoms with E-state index in [0.29, 0.717) is 10.7 Å². The molecule has 23 heavy (non-hydrogen) atoms. The third-order valence-electron chi connectivity index (χ3n) is 3.07. The van der Waals surface area contributed by atoms with Crippen molar-refractivity contribution in [2.24, 2.45) is 0 Å². The van der Waals surface area contributed by atoms with E-state index in [0.717, 1.165) is 6.07 Å². The normalized spacial score (nSPS) is 11.6. The predicted molar refractivity (Wildman–Crippen MR) is 84.5 cm³/mol. The molecule has 2 aromatic rings. The van der Waals surface area contributed by atoms with Crippen LogP contribution in [-0.2, 0) is 4.79 Å². The first kappa shape index (κ1) is 16.9. The van der Waals surface area contributed by atoms with Crippen LogP contribution in [0.4, 0.5) is 4.39 Å². The second-order valence-electron chi connectivity index (χ2n) is 4.88. The van der Waals surface area contributed by atoms with Crippen molar-refractivity contribution in [1.29, 1.82) is 0 Å². The Balaban J connectivity index is 1.85. The maximum absolute atomic E-state index is 13.0. The number of benzene rings is 1. The number of halogens is 2. The Hall–Kier alpha value is -2.47. The van der Waals surface area contributed by atoms with E-state index in [1.165, 1.54) is 24.4 Å². The highest BCUT2D eigenvalue weighted by Gasteiger charge is 2.12. The number of aromatic nitrogens is 1. The highest BCUT2D eigenvalue weighted by atomic mass is 35.5. The lowest BCUT2D eigenvalue weighted by molar-refractivity contribution is -0.120. The van der Waals surface area contributed by atoms with Crippen molar-refractivity contribution in [2.45, 2.75) is 13.0 Å². The third-order valence-corrected chi connectivity index (χ3v) is 3.29. The van der Waals surface area contributed by atoms with Crippen LogP contribution in [0.2, 0.25) is 5.02 Å². The average Bonchev–Trinajstić information content (AvgIpc) is 2.53. The SMILES string of the molecule is C[C@H](NC(=O)CNC(=O)c1cccc(F)c1)c1ccc(Cl)cn1. The summed E-state index contributed by atoms with van der Waals surface area (Å²) in [7, 11) is 0. The molecule has 120 valence electrons. The number of nitrogens with one attached hydrogen (secondary N) is 2. The van der Waals surface area contributed by atoms with Gasteiger partial charge in [-0.15, -0.1) is 0 Å². The lowest BCUT2D eigenvalue weighted by atomic mass is 10.2. The van der Waals surface area contributed by atoms with Gasteiger partial charge in [0.25, 0.3) is 5.91 Å². The minimum atomic E-state index is -0.517. The number of carbonyl (C=O) groups excluding carboxylic acids is 2. The molecule has 1 aromatic carbocycles. The molecule has 0 aliphatic rings. The van der Waals surface area contributed by atoms with E-state index in [-0.39, 0.29) is 24.1 Å². The molecule has 7 heteroatoms. The lowest BCUT2D eigenvalue weighted by Gasteiger charge is -2.13. The molecule has 0 aliphatic carbocycles. The second-order valence-corrected chi connectivity index (χ2v) is 5.32. The van der Waals surface area contributed by atoms with Gasteiger partial charge in [0.2, 0.25) is 5.91 Å². The van der Waals surface area contributed by atoms with Gasteiger partial charge < -0.3 is 10.6 Å². The fourth-order valence-corrected chi connectivity index (χ4v) is 2.01.